The Hall–Kier alpha value is -1.65. The number of rotatable bonds is 14. The second kappa shape index (κ2) is 12.9. The van der Waals surface area contributed by atoms with Gasteiger partial charge in [0.05, 0.1) is 6.54 Å². The minimum Gasteiger partial charge on any atom is -0.342 e. The van der Waals surface area contributed by atoms with E-state index in [-0.39, 0.29) is 5.91 Å². The predicted molar refractivity (Wildman–Crippen MR) is 101 cm³/mol. The van der Waals surface area contributed by atoms with E-state index >= 15 is 0 Å². The van der Waals surface area contributed by atoms with E-state index in [2.05, 4.69) is 36.5 Å². The summed E-state index contributed by atoms with van der Waals surface area (Å²) in [5.41, 5.74) is 2.05. The molecule has 1 amide bonds. The Morgan fingerprint density at radius 3 is 2.26 bits per heavy atom. The molecule has 0 radical (unpaired) electrons. The maximum atomic E-state index is 11.9. The molecule has 0 aliphatic rings. The van der Waals surface area contributed by atoms with Gasteiger partial charge in [-0.1, -0.05) is 44.0 Å². The minimum atomic E-state index is 0.150. The van der Waals surface area contributed by atoms with Crippen LogP contribution in [0.25, 0.3) is 0 Å². The van der Waals surface area contributed by atoms with Gasteiger partial charge in [-0.2, -0.15) is 0 Å². The second-order valence-corrected chi connectivity index (χ2v) is 5.61. The van der Waals surface area contributed by atoms with Crippen LogP contribution in [0, 0.1) is 0 Å². The van der Waals surface area contributed by atoms with E-state index < -0.39 is 0 Å². The van der Waals surface area contributed by atoms with Gasteiger partial charge in [-0.3, -0.25) is 9.69 Å². The number of allylic oxidation sites excluding steroid dienone is 1. The lowest BCUT2D eigenvalue weighted by atomic mass is 10.2. The molecule has 0 aromatic rings. The van der Waals surface area contributed by atoms with E-state index in [1.807, 2.05) is 11.8 Å². The third-order valence-electron chi connectivity index (χ3n) is 3.72. The molecule has 0 saturated heterocycles. The van der Waals surface area contributed by atoms with Crippen molar-refractivity contribution >= 4 is 5.91 Å². The molecule has 0 unspecified atom stereocenters. The number of nitrogens with zero attached hydrogens (tertiary/aromatic N) is 2. The number of amides is 1. The van der Waals surface area contributed by atoms with Crippen LogP contribution in [0.15, 0.2) is 49.6 Å². The standard InChI is InChI=1S/C19H33N3O/c1-7-17(4)11-14-21(16-18(5)8-2)12-10-13-22(9-3)19(23)15-20-6/h7-8,20H,1-2,4-5,9-16H2,3,6H3. The fourth-order valence-electron chi connectivity index (χ4n) is 2.23. The van der Waals surface area contributed by atoms with E-state index in [0.29, 0.717) is 6.54 Å². The van der Waals surface area contributed by atoms with Crippen LogP contribution in [-0.2, 0) is 4.79 Å². The van der Waals surface area contributed by atoms with Crippen LogP contribution < -0.4 is 5.32 Å². The molecule has 0 saturated carbocycles. The zero-order chi connectivity index (χ0) is 17.7. The van der Waals surface area contributed by atoms with Crippen molar-refractivity contribution in [2.24, 2.45) is 0 Å². The number of nitrogens with one attached hydrogen (secondary N) is 1. The molecule has 0 heterocycles. The molecule has 0 bridgehead atoms. The van der Waals surface area contributed by atoms with Crippen molar-refractivity contribution in [1.82, 2.24) is 15.1 Å². The van der Waals surface area contributed by atoms with Crippen LogP contribution in [0.2, 0.25) is 0 Å². The first kappa shape index (κ1) is 21.4. The summed E-state index contributed by atoms with van der Waals surface area (Å²) in [5, 5.41) is 2.91. The third-order valence-corrected chi connectivity index (χ3v) is 3.72. The molecule has 0 aromatic carbocycles. The van der Waals surface area contributed by atoms with Crippen LogP contribution in [0.4, 0.5) is 0 Å². The zero-order valence-corrected chi connectivity index (χ0v) is 14.9. The Balaban J connectivity index is 4.42. The Kier molecular flexibility index (Phi) is 11.9. The summed E-state index contributed by atoms with van der Waals surface area (Å²) in [5.74, 6) is 0.150. The zero-order valence-electron chi connectivity index (χ0n) is 14.9. The quantitative estimate of drug-likeness (QED) is 0.500. The Morgan fingerprint density at radius 2 is 1.74 bits per heavy atom. The number of hydrogen-bond acceptors (Lipinski definition) is 3. The van der Waals surface area contributed by atoms with E-state index in [1.54, 1.807) is 19.2 Å². The van der Waals surface area contributed by atoms with Crippen molar-refractivity contribution in [2.75, 3.05) is 46.3 Å². The number of carbonyl (C=O) groups excluding carboxylic acids is 1. The maximum absolute atomic E-state index is 11.9. The van der Waals surface area contributed by atoms with Crippen LogP contribution in [0.3, 0.4) is 0 Å². The molecule has 23 heavy (non-hydrogen) atoms. The van der Waals surface area contributed by atoms with Crippen molar-refractivity contribution in [2.45, 2.75) is 19.8 Å². The van der Waals surface area contributed by atoms with Crippen molar-refractivity contribution in [3.05, 3.63) is 49.6 Å². The number of hydrogen-bond donors (Lipinski definition) is 1. The van der Waals surface area contributed by atoms with Gasteiger partial charge in [-0.15, -0.1) is 0 Å². The molecule has 0 aromatic heterocycles. The average molecular weight is 319 g/mol. The number of likely N-dealkylation sites (N-methyl/N-ethyl adjacent to an activating group) is 2. The highest BCUT2D eigenvalue weighted by Gasteiger charge is 2.11. The Morgan fingerprint density at radius 1 is 1.09 bits per heavy atom. The summed E-state index contributed by atoms with van der Waals surface area (Å²) in [6.45, 7) is 22.0. The Bertz CT molecular complexity index is 415. The van der Waals surface area contributed by atoms with Gasteiger partial charge in [-0.05, 0) is 32.4 Å². The normalized spacial score (nSPS) is 10.4. The highest BCUT2D eigenvalue weighted by molar-refractivity contribution is 5.78. The van der Waals surface area contributed by atoms with E-state index in [1.165, 1.54) is 0 Å². The molecule has 0 aliphatic carbocycles. The average Bonchev–Trinajstić information content (AvgIpc) is 2.55. The van der Waals surface area contributed by atoms with E-state index in [4.69, 9.17) is 0 Å². The summed E-state index contributed by atoms with van der Waals surface area (Å²) >= 11 is 0. The molecule has 0 aliphatic heterocycles. The molecule has 4 nitrogen and oxygen atoms in total. The van der Waals surface area contributed by atoms with Crippen LogP contribution >= 0.6 is 0 Å². The van der Waals surface area contributed by atoms with Gasteiger partial charge < -0.3 is 10.2 Å². The van der Waals surface area contributed by atoms with E-state index in [0.717, 1.165) is 56.7 Å². The smallest absolute Gasteiger partial charge is 0.236 e. The van der Waals surface area contributed by atoms with Crippen LogP contribution in [0.5, 0.6) is 0 Å². The SMILES string of the molecule is C=CC(=C)CCN(CCCN(CC)C(=O)CNC)CC(=C)C=C. The van der Waals surface area contributed by atoms with Crippen molar-refractivity contribution in [1.29, 1.82) is 0 Å². The largest absolute Gasteiger partial charge is 0.342 e. The molecule has 130 valence electrons. The first-order valence-corrected chi connectivity index (χ1v) is 8.23. The molecule has 1 N–H and O–H groups in total. The van der Waals surface area contributed by atoms with Gasteiger partial charge in [-0.25, -0.2) is 0 Å². The Labute approximate surface area is 142 Å². The summed E-state index contributed by atoms with van der Waals surface area (Å²) in [6.07, 6.45) is 5.43. The maximum Gasteiger partial charge on any atom is 0.236 e. The van der Waals surface area contributed by atoms with Gasteiger partial charge in [0.15, 0.2) is 0 Å². The molecular weight excluding hydrogens is 286 g/mol. The molecule has 0 spiro atoms. The van der Waals surface area contributed by atoms with Crippen molar-refractivity contribution < 1.29 is 4.79 Å². The topological polar surface area (TPSA) is 35.6 Å². The van der Waals surface area contributed by atoms with Crippen LogP contribution in [-0.4, -0.2) is 62.0 Å². The fraction of sp³-hybridized carbons (Fsp3) is 0.526. The molecular formula is C19H33N3O. The first-order valence-electron chi connectivity index (χ1n) is 8.23. The number of carbonyl (C=O) groups is 1. The lowest BCUT2D eigenvalue weighted by Gasteiger charge is -2.25. The highest BCUT2D eigenvalue weighted by Crippen LogP contribution is 2.06. The van der Waals surface area contributed by atoms with Gasteiger partial charge in [0.25, 0.3) is 0 Å². The second-order valence-electron chi connectivity index (χ2n) is 5.61. The van der Waals surface area contributed by atoms with Crippen molar-refractivity contribution in [3.8, 4) is 0 Å². The molecule has 0 atom stereocenters. The van der Waals surface area contributed by atoms with Gasteiger partial charge >= 0.3 is 0 Å². The van der Waals surface area contributed by atoms with Gasteiger partial charge in [0, 0.05) is 32.7 Å². The summed E-state index contributed by atoms with van der Waals surface area (Å²) in [6, 6.07) is 0. The van der Waals surface area contributed by atoms with Crippen LogP contribution in [0.1, 0.15) is 19.8 Å². The first-order chi connectivity index (χ1) is 11.0. The third kappa shape index (κ3) is 9.87. The summed E-state index contributed by atoms with van der Waals surface area (Å²) in [4.78, 5) is 16.1. The van der Waals surface area contributed by atoms with E-state index in [9.17, 15) is 4.79 Å². The molecule has 4 heteroatoms. The summed E-state index contributed by atoms with van der Waals surface area (Å²) in [7, 11) is 1.79. The monoisotopic (exact) mass is 319 g/mol. The highest BCUT2D eigenvalue weighted by atomic mass is 16.2. The minimum absolute atomic E-state index is 0.150. The molecule has 0 fully saturated rings. The van der Waals surface area contributed by atoms with Crippen molar-refractivity contribution in [3.63, 3.8) is 0 Å². The lowest BCUT2D eigenvalue weighted by molar-refractivity contribution is -0.130. The molecule has 0 rings (SSSR count). The van der Waals surface area contributed by atoms with Gasteiger partial charge in [0.2, 0.25) is 5.91 Å². The predicted octanol–water partition coefficient (Wildman–Crippen LogP) is 2.62. The fourth-order valence-corrected chi connectivity index (χ4v) is 2.23. The lowest BCUT2D eigenvalue weighted by Crippen LogP contribution is -2.39. The van der Waals surface area contributed by atoms with Gasteiger partial charge in [0.1, 0.15) is 0 Å². The summed E-state index contributed by atoms with van der Waals surface area (Å²) < 4.78 is 0.